The van der Waals surface area contributed by atoms with Crippen molar-refractivity contribution in [1.29, 1.82) is 0 Å². The molecule has 0 atom stereocenters. The number of hydrogen-bond acceptors (Lipinski definition) is 2. The zero-order valence-corrected chi connectivity index (χ0v) is 9.15. The number of nitrogens with two attached hydrogens (primary N) is 1. The van der Waals surface area contributed by atoms with Crippen molar-refractivity contribution >= 4 is 0 Å². The van der Waals surface area contributed by atoms with Gasteiger partial charge in [-0.1, -0.05) is 18.2 Å². The number of benzene rings is 1. The summed E-state index contributed by atoms with van der Waals surface area (Å²) in [6.07, 6.45) is 1.73. The van der Waals surface area contributed by atoms with Crippen LogP contribution in [0.5, 0.6) is 0 Å². The average molecular weight is 219 g/mol. The lowest BCUT2D eigenvalue weighted by Gasteiger charge is -2.06. The van der Waals surface area contributed by atoms with Crippen LogP contribution in [0.25, 0.3) is 0 Å². The van der Waals surface area contributed by atoms with Crippen LogP contribution in [0.1, 0.15) is 16.8 Å². The third-order valence-electron chi connectivity index (χ3n) is 2.70. The van der Waals surface area contributed by atoms with E-state index in [0.717, 1.165) is 11.3 Å². The van der Waals surface area contributed by atoms with Crippen LogP contribution in [-0.2, 0) is 13.1 Å². The van der Waals surface area contributed by atoms with Crippen molar-refractivity contribution in [2.75, 3.05) is 0 Å². The van der Waals surface area contributed by atoms with Crippen LogP contribution in [0.3, 0.4) is 0 Å². The summed E-state index contributed by atoms with van der Waals surface area (Å²) in [5.41, 5.74) is 8.18. The minimum absolute atomic E-state index is 0.202. The number of aromatic nitrogens is 2. The van der Waals surface area contributed by atoms with Crippen LogP contribution in [0.15, 0.2) is 30.5 Å². The quantitative estimate of drug-likeness (QED) is 0.856. The highest BCUT2D eigenvalue weighted by Crippen LogP contribution is 2.12. The van der Waals surface area contributed by atoms with E-state index in [4.69, 9.17) is 5.73 Å². The molecule has 0 aliphatic carbocycles. The molecule has 0 spiro atoms. The van der Waals surface area contributed by atoms with Crippen molar-refractivity contribution in [1.82, 2.24) is 9.78 Å². The van der Waals surface area contributed by atoms with Crippen molar-refractivity contribution in [3.8, 4) is 0 Å². The zero-order chi connectivity index (χ0) is 11.5. The van der Waals surface area contributed by atoms with Gasteiger partial charge >= 0.3 is 0 Å². The normalized spacial score (nSPS) is 10.7. The Bertz CT molecular complexity index is 491. The maximum absolute atomic E-state index is 13.4. The molecular formula is C12H14FN3. The lowest BCUT2D eigenvalue weighted by atomic mass is 10.2. The molecular weight excluding hydrogens is 205 g/mol. The van der Waals surface area contributed by atoms with E-state index in [1.807, 2.05) is 13.0 Å². The molecule has 2 aromatic rings. The van der Waals surface area contributed by atoms with Crippen molar-refractivity contribution in [2.24, 2.45) is 5.73 Å². The molecule has 1 heterocycles. The summed E-state index contributed by atoms with van der Waals surface area (Å²) in [4.78, 5) is 0. The first-order valence-electron chi connectivity index (χ1n) is 5.17. The molecule has 2 N–H and O–H groups in total. The van der Waals surface area contributed by atoms with E-state index in [2.05, 4.69) is 5.10 Å². The molecule has 3 nitrogen and oxygen atoms in total. The van der Waals surface area contributed by atoms with Gasteiger partial charge in [0.1, 0.15) is 5.82 Å². The number of rotatable bonds is 3. The molecule has 0 radical (unpaired) electrons. The summed E-state index contributed by atoms with van der Waals surface area (Å²) in [7, 11) is 0. The van der Waals surface area contributed by atoms with Gasteiger partial charge in [0.05, 0.1) is 12.7 Å². The summed E-state index contributed by atoms with van der Waals surface area (Å²) >= 11 is 0. The van der Waals surface area contributed by atoms with Crippen LogP contribution < -0.4 is 5.73 Å². The molecule has 2 rings (SSSR count). The second kappa shape index (κ2) is 4.45. The molecule has 1 aromatic heterocycles. The van der Waals surface area contributed by atoms with Crippen molar-refractivity contribution in [3.63, 3.8) is 0 Å². The Morgan fingerprint density at radius 1 is 1.31 bits per heavy atom. The minimum Gasteiger partial charge on any atom is -0.326 e. The predicted molar refractivity (Wildman–Crippen MR) is 60.4 cm³/mol. The monoisotopic (exact) mass is 219 g/mol. The third-order valence-corrected chi connectivity index (χ3v) is 2.70. The SMILES string of the molecule is Cc1c(CN)cnn1Cc1ccccc1F. The van der Waals surface area contributed by atoms with Crippen molar-refractivity contribution in [2.45, 2.75) is 20.0 Å². The number of nitrogens with zero attached hydrogens (tertiary/aromatic N) is 2. The maximum atomic E-state index is 13.4. The Morgan fingerprint density at radius 3 is 2.69 bits per heavy atom. The second-order valence-electron chi connectivity index (χ2n) is 3.71. The molecule has 0 aliphatic rings. The fourth-order valence-corrected chi connectivity index (χ4v) is 1.63. The van der Waals surface area contributed by atoms with Gasteiger partial charge in [-0.15, -0.1) is 0 Å². The third kappa shape index (κ3) is 1.97. The van der Waals surface area contributed by atoms with Gasteiger partial charge in [0.15, 0.2) is 0 Å². The Morgan fingerprint density at radius 2 is 2.06 bits per heavy atom. The van der Waals surface area contributed by atoms with E-state index in [1.165, 1.54) is 6.07 Å². The summed E-state index contributed by atoms with van der Waals surface area (Å²) < 4.78 is 15.2. The van der Waals surface area contributed by atoms with E-state index < -0.39 is 0 Å². The van der Waals surface area contributed by atoms with Crippen molar-refractivity contribution < 1.29 is 4.39 Å². The summed E-state index contributed by atoms with van der Waals surface area (Å²) in [6, 6.07) is 6.72. The van der Waals surface area contributed by atoms with E-state index in [9.17, 15) is 4.39 Å². The first-order chi connectivity index (χ1) is 7.72. The maximum Gasteiger partial charge on any atom is 0.128 e. The van der Waals surface area contributed by atoms with E-state index >= 15 is 0 Å². The Kier molecular flexibility index (Phi) is 3.01. The van der Waals surface area contributed by atoms with Crippen LogP contribution in [0.4, 0.5) is 4.39 Å². The molecule has 0 unspecified atom stereocenters. The van der Waals surface area contributed by atoms with Gasteiger partial charge < -0.3 is 5.73 Å². The molecule has 0 saturated carbocycles. The molecule has 0 amide bonds. The first kappa shape index (κ1) is 10.8. The van der Waals surface area contributed by atoms with Crippen LogP contribution in [-0.4, -0.2) is 9.78 Å². The zero-order valence-electron chi connectivity index (χ0n) is 9.15. The van der Waals surface area contributed by atoms with E-state index in [1.54, 1.807) is 23.0 Å². The molecule has 4 heteroatoms. The van der Waals surface area contributed by atoms with Gasteiger partial charge in [0, 0.05) is 23.4 Å². The van der Waals surface area contributed by atoms with E-state index in [-0.39, 0.29) is 5.82 Å². The topological polar surface area (TPSA) is 43.8 Å². The van der Waals surface area contributed by atoms with Gasteiger partial charge in [-0.2, -0.15) is 5.10 Å². The fourth-order valence-electron chi connectivity index (χ4n) is 1.63. The van der Waals surface area contributed by atoms with E-state index in [0.29, 0.717) is 18.7 Å². The summed E-state index contributed by atoms with van der Waals surface area (Å²) in [5, 5.41) is 4.19. The van der Waals surface area contributed by atoms with Gasteiger partial charge in [0.25, 0.3) is 0 Å². The average Bonchev–Trinajstić information content (AvgIpc) is 2.63. The predicted octanol–water partition coefficient (Wildman–Crippen LogP) is 1.84. The molecule has 0 aliphatic heterocycles. The second-order valence-corrected chi connectivity index (χ2v) is 3.71. The van der Waals surface area contributed by atoms with Gasteiger partial charge in [-0.3, -0.25) is 4.68 Å². The van der Waals surface area contributed by atoms with Crippen LogP contribution >= 0.6 is 0 Å². The molecule has 1 aromatic carbocycles. The molecule has 84 valence electrons. The standard InChI is InChI=1S/C12H14FN3/c1-9-11(6-14)7-15-16(9)8-10-4-2-3-5-12(10)13/h2-5,7H,6,8,14H2,1H3. The largest absolute Gasteiger partial charge is 0.326 e. The highest BCUT2D eigenvalue weighted by Gasteiger charge is 2.07. The van der Waals surface area contributed by atoms with Gasteiger partial charge in [-0.25, -0.2) is 4.39 Å². The smallest absolute Gasteiger partial charge is 0.128 e. The number of halogens is 1. The molecule has 0 saturated heterocycles. The highest BCUT2D eigenvalue weighted by molar-refractivity contribution is 5.20. The van der Waals surface area contributed by atoms with Crippen LogP contribution in [0.2, 0.25) is 0 Å². The van der Waals surface area contributed by atoms with Crippen LogP contribution in [0, 0.1) is 12.7 Å². The van der Waals surface area contributed by atoms with Gasteiger partial charge in [0.2, 0.25) is 0 Å². The molecule has 0 fully saturated rings. The molecule has 16 heavy (non-hydrogen) atoms. The fraction of sp³-hybridized carbons (Fsp3) is 0.250. The Labute approximate surface area is 93.7 Å². The first-order valence-corrected chi connectivity index (χ1v) is 5.17. The lowest BCUT2D eigenvalue weighted by molar-refractivity contribution is 0.580. The minimum atomic E-state index is -0.202. The lowest BCUT2D eigenvalue weighted by Crippen LogP contribution is -2.06. The Balaban J connectivity index is 2.27. The summed E-state index contributed by atoms with van der Waals surface area (Å²) in [5.74, 6) is -0.202. The van der Waals surface area contributed by atoms with Crippen molar-refractivity contribution in [3.05, 3.63) is 53.1 Å². The Hall–Kier alpha value is -1.68. The number of hydrogen-bond donors (Lipinski definition) is 1. The van der Waals surface area contributed by atoms with Gasteiger partial charge in [-0.05, 0) is 13.0 Å². The highest BCUT2D eigenvalue weighted by atomic mass is 19.1. The summed E-state index contributed by atoms with van der Waals surface area (Å²) in [6.45, 7) is 2.84. The molecule has 0 bridgehead atoms.